The second-order valence-corrected chi connectivity index (χ2v) is 4.37. The standard InChI is InChI=1S/C11H24N2O/c1-8(2)6-7-9(3)13-10(4)11(14)12-5/h8-10,13H,6-7H2,1-5H3,(H,12,14)/t9?,10-/m1/s1. The molecule has 0 fully saturated rings. The van der Waals surface area contributed by atoms with Crippen LogP contribution in [-0.4, -0.2) is 25.0 Å². The smallest absolute Gasteiger partial charge is 0.236 e. The topological polar surface area (TPSA) is 41.1 Å². The van der Waals surface area contributed by atoms with Crippen LogP contribution >= 0.6 is 0 Å². The van der Waals surface area contributed by atoms with Crippen molar-refractivity contribution in [3.63, 3.8) is 0 Å². The van der Waals surface area contributed by atoms with Crippen LogP contribution in [0.2, 0.25) is 0 Å². The molecule has 2 N–H and O–H groups in total. The highest BCUT2D eigenvalue weighted by Gasteiger charge is 2.13. The van der Waals surface area contributed by atoms with Gasteiger partial charge in [0.1, 0.15) is 0 Å². The molecule has 2 atom stereocenters. The van der Waals surface area contributed by atoms with Crippen molar-refractivity contribution in [3.8, 4) is 0 Å². The van der Waals surface area contributed by atoms with E-state index in [1.165, 1.54) is 6.42 Å². The van der Waals surface area contributed by atoms with Gasteiger partial charge in [-0.2, -0.15) is 0 Å². The van der Waals surface area contributed by atoms with Crippen LogP contribution in [-0.2, 0) is 4.79 Å². The molecule has 0 aliphatic rings. The highest BCUT2D eigenvalue weighted by atomic mass is 16.2. The van der Waals surface area contributed by atoms with E-state index in [-0.39, 0.29) is 11.9 Å². The molecule has 0 heterocycles. The summed E-state index contributed by atoms with van der Waals surface area (Å²) in [6.07, 6.45) is 2.33. The van der Waals surface area contributed by atoms with Crippen molar-refractivity contribution in [2.24, 2.45) is 5.92 Å². The van der Waals surface area contributed by atoms with Gasteiger partial charge in [-0.3, -0.25) is 4.79 Å². The average Bonchev–Trinajstić information content (AvgIpc) is 2.13. The third kappa shape index (κ3) is 5.97. The molecule has 0 radical (unpaired) electrons. The van der Waals surface area contributed by atoms with Gasteiger partial charge < -0.3 is 10.6 Å². The average molecular weight is 200 g/mol. The Morgan fingerprint density at radius 2 is 1.71 bits per heavy atom. The van der Waals surface area contributed by atoms with Crippen LogP contribution in [0.25, 0.3) is 0 Å². The Bertz CT molecular complexity index is 169. The molecule has 84 valence electrons. The molecule has 0 bridgehead atoms. The van der Waals surface area contributed by atoms with Gasteiger partial charge in [0.2, 0.25) is 5.91 Å². The lowest BCUT2D eigenvalue weighted by atomic mass is 10.0. The summed E-state index contributed by atoms with van der Waals surface area (Å²) in [6, 6.07) is 0.312. The van der Waals surface area contributed by atoms with E-state index in [0.717, 1.165) is 12.3 Å². The van der Waals surface area contributed by atoms with E-state index in [4.69, 9.17) is 0 Å². The fourth-order valence-corrected chi connectivity index (χ4v) is 1.39. The van der Waals surface area contributed by atoms with E-state index in [1.54, 1.807) is 7.05 Å². The lowest BCUT2D eigenvalue weighted by molar-refractivity contribution is -0.122. The zero-order valence-electron chi connectivity index (χ0n) is 10.1. The number of hydrogen-bond donors (Lipinski definition) is 2. The number of carbonyl (C=O) groups excluding carboxylic acids is 1. The summed E-state index contributed by atoms with van der Waals surface area (Å²) in [5.74, 6) is 0.788. The zero-order chi connectivity index (χ0) is 11.1. The number of likely N-dealkylation sites (N-methyl/N-ethyl adjacent to an activating group) is 1. The first-order valence-corrected chi connectivity index (χ1v) is 5.45. The summed E-state index contributed by atoms with van der Waals surface area (Å²) in [5.41, 5.74) is 0. The van der Waals surface area contributed by atoms with Crippen molar-refractivity contribution in [2.75, 3.05) is 7.05 Å². The number of amides is 1. The van der Waals surface area contributed by atoms with Gasteiger partial charge in [-0.1, -0.05) is 13.8 Å². The highest BCUT2D eigenvalue weighted by molar-refractivity contribution is 5.80. The molecule has 0 aromatic rings. The van der Waals surface area contributed by atoms with Gasteiger partial charge in [-0.15, -0.1) is 0 Å². The Morgan fingerprint density at radius 1 is 1.14 bits per heavy atom. The predicted octanol–water partition coefficient (Wildman–Crippen LogP) is 1.54. The monoisotopic (exact) mass is 200 g/mol. The number of carbonyl (C=O) groups is 1. The van der Waals surface area contributed by atoms with Crippen LogP contribution < -0.4 is 10.6 Å². The van der Waals surface area contributed by atoms with E-state index in [2.05, 4.69) is 31.4 Å². The Balaban J connectivity index is 3.70. The molecule has 0 rings (SSSR count). The largest absolute Gasteiger partial charge is 0.358 e. The minimum atomic E-state index is -0.0952. The molecule has 1 unspecified atom stereocenters. The fourth-order valence-electron chi connectivity index (χ4n) is 1.39. The van der Waals surface area contributed by atoms with E-state index in [1.807, 2.05) is 6.92 Å². The van der Waals surface area contributed by atoms with Crippen LogP contribution in [0, 0.1) is 5.92 Å². The van der Waals surface area contributed by atoms with Crippen molar-refractivity contribution < 1.29 is 4.79 Å². The molecule has 0 aromatic heterocycles. The minimum Gasteiger partial charge on any atom is -0.358 e. The predicted molar refractivity (Wildman–Crippen MR) is 60.2 cm³/mol. The molecule has 3 heteroatoms. The van der Waals surface area contributed by atoms with Gasteiger partial charge in [0.25, 0.3) is 0 Å². The van der Waals surface area contributed by atoms with Crippen LogP contribution in [0.3, 0.4) is 0 Å². The van der Waals surface area contributed by atoms with Gasteiger partial charge in [-0.25, -0.2) is 0 Å². The Labute approximate surface area is 87.6 Å². The fraction of sp³-hybridized carbons (Fsp3) is 0.909. The van der Waals surface area contributed by atoms with Crippen LogP contribution in [0.5, 0.6) is 0 Å². The van der Waals surface area contributed by atoms with Crippen molar-refractivity contribution in [2.45, 2.75) is 52.6 Å². The molecule has 1 amide bonds. The first-order valence-electron chi connectivity index (χ1n) is 5.45. The van der Waals surface area contributed by atoms with Gasteiger partial charge in [0, 0.05) is 13.1 Å². The summed E-state index contributed by atoms with van der Waals surface area (Å²) < 4.78 is 0. The van der Waals surface area contributed by atoms with Gasteiger partial charge in [0.15, 0.2) is 0 Å². The molecule has 0 saturated heterocycles. The van der Waals surface area contributed by atoms with Crippen LogP contribution in [0.1, 0.15) is 40.5 Å². The van der Waals surface area contributed by atoms with Crippen molar-refractivity contribution >= 4 is 5.91 Å². The first-order chi connectivity index (χ1) is 6.47. The van der Waals surface area contributed by atoms with E-state index >= 15 is 0 Å². The van der Waals surface area contributed by atoms with Crippen molar-refractivity contribution in [3.05, 3.63) is 0 Å². The third-order valence-electron chi connectivity index (χ3n) is 2.35. The minimum absolute atomic E-state index is 0.0568. The number of nitrogens with one attached hydrogen (secondary N) is 2. The molecular weight excluding hydrogens is 176 g/mol. The summed E-state index contributed by atoms with van der Waals surface area (Å²) in [7, 11) is 1.67. The quantitative estimate of drug-likeness (QED) is 0.683. The van der Waals surface area contributed by atoms with Gasteiger partial charge in [0.05, 0.1) is 6.04 Å². The lowest BCUT2D eigenvalue weighted by Crippen LogP contribution is -2.44. The molecule has 14 heavy (non-hydrogen) atoms. The molecule has 3 nitrogen and oxygen atoms in total. The SMILES string of the molecule is CNC(=O)[C@@H](C)NC(C)CCC(C)C. The lowest BCUT2D eigenvalue weighted by Gasteiger charge is -2.19. The van der Waals surface area contributed by atoms with E-state index < -0.39 is 0 Å². The summed E-state index contributed by atoms with van der Waals surface area (Å²) in [4.78, 5) is 11.2. The Hall–Kier alpha value is -0.570. The van der Waals surface area contributed by atoms with E-state index in [9.17, 15) is 4.79 Å². The van der Waals surface area contributed by atoms with E-state index in [0.29, 0.717) is 6.04 Å². The molecule has 0 aliphatic carbocycles. The molecule has 0 aromatic carbocycles. The van der Waals surface area contributed by atoms with Crippen LogP contribution in [0.15, 0.2) is 0 Å². The summed E-state index contributed by atoms with van der Waals surface area (Å²) >= 11 is 0. The normalized spacial score (nSPS) is 15.3. The second kappa shape index (κ2) is 6.82. The maximum Gasteiger partial charge on any atom is 0.236 e. The molecule has 0 saturated carbocycles. The summed E-state index contributed by atoms with van der Waals surface area (Å²) in [5, 5.41) is 5.91. The number of rotatable bonds is 6. The van der Waals surface area contributed by atoms with Crippen LogP contribution in [0.4, 0.5) is 0 Å². The Kier molecular flexibility index (Phi) is 6.54. The number of hydrogen-bond acceptors (Lipinski definition) is 2. The second-order valence-electron chi connectivity index (χ2n) is 4.37. The molecule has 0 aliphatic heterocycles. The Morgan fingerprint density at radius 3 is 2.14 bits per heavy atom. The maximum absolute atomic E-state index is 11.2. The van der Waals surface area contributed by atoms with Gasteiger partial charge >= 0.3 is 0 Å². The van der Waals surface area contributed by atoms with Gasteiger partial charge in [-0.05, 0) is 32.6 Å². The summed E-state index contributed by atoms with van der Waals surface area (Å²) in [6.45, 7) is 8.45. The first kappa shape index (κ1) is 13.4. The third-order valence-corrected chi connectivity index (χ3v) is 2.35. The van der Waals surface area contributed by atoms with Crippen molar-refractivity contribution in [1.29, 1.82) is 0 Å². The van der Waals surface area contributed by atoms with Crippen molar-refractivity contribution in [1.82, 2.24) is 10.6 Å². The highest BCUT2D eigenvalue weighted by Crippen LogP contribution is 2.06. The maximum atomic E-state index is 11.2. The zero-order valence-corrected chi connectivity index (χ0v) is 10.1. The molecule has 0 spiro atoms. The molecular formula is C11H24N2O.